The zero-order chi connectivity index (χ0) is 20.8. The molecule has 0 spiro atoms. The minimum Gasteiger partial charge on any atom is -0.471 e. The lowest BCUT2D eigenvalue weighted by Gasteiger charge is -2.15. The molecule has 1 unspecified atom stereocenters. The standard InChI is InChI=1S/C18H25N7O3S/c1-5-25-12(3)14(9-21-25)16-22-15-17(23(16)4)19-11-20-18(15)28-13-7-8-24(10-13)29(26,27)6-2/h9,11,13H,5-8,10H2,1-4H3. The predicted molar refractivity (Wildman–Crippen MR) is 108 cm³/mol. The van der Waals surface area contributed by atoms with Gasteiger partial charge in [-0.25, -0.2) is 18.4 Å². The fraction of sp³-hybridized carbons (Fsp3) is 0.556. The van der Waals surface area contributed by atoms with Crippen molar-refractivity contribution in [2.45, 2.75) is 39.8 Å². The molecule has 0 amide bonds. The highest BCUT2D eigenvalue weighted by atomic mass is 32.2. The highest BCUT2D eigenvalue weighted by Gasteiger charge is 2.32. The summed E-state index contributed by atoms with van der Waals surface area (Å²) in [5.41, 5.74) is 3.17. The van der Waals surface area contributed by atoms with Crippen molar-refractivity contribution >= 4 is 21.2 Å². The molecule has 3 aromatic rings. The van der Waals surface area contributed by atoms with Gasteiger partial charge < -0.3 is 9.30 Å². The van der Waals surface area contributed by atoms with Crippen LogP contribution in [0.5, 0.6) is 5.88 Å². The van der Waals surface area contributed by atoms with Crippen molar-refractivity contribution in [2.24, 2.45) is 7.05 Å². The van der Waals surface area contributed by atoms with Gasteiger partial charge in [0.2, 0.25) is 15.9 Å². The van der Waals surface area contributed by atoms with Crippen molar-refractivity contribution in [3.63, 3.8) is 0 Å². The Morgan fingerprint density at radius 2 is 2.07 bits per heavy atom. The van der Waals surface area contributed by atoms with Crippen LogP contribution in [-0.2, 0) is 23.6 Å². The first-order valence-electron chi connectivity index (χ1n) is 9.70. The molecule has 1 saturated heterocycles. The van der Waals surface area contributed by atoms with E-state index in [0.29, 0.717) is 36.6 Å². The van der Waals surface area contributed by atoms with Crippen molar-refractivity contribution in [2.75, 3.05) is 18.8 Å². The van der Waals surface area contributed by atoms with Crippen molar-refractivity contribution in [1.82, 2.24) is 33.6 Å². The highest BCUT2D eigenvalue weighted by Crippen LogP contribution is 2.30. The first-order valence-corrected chi connectivity index (χ1v) is 11.3. The Morgan fingerprint density at radius 1 is 1.28 bits per heavy atom. The molecule has 1 atom stereocenters. The number of hydrogen-bond donors (Lipinski definition) is 0. The molecule has 1 fully saturated rings. The Bertz CT molecular complexity index is 1150. The number of rotatable bonds is 6. The van der Waals surface area contributed by atoms with Gasteiger partial charge in [0.05, 0.1) is 24.1 Å². The van der Waals surface area contributed by atoms with E-state index < -0.39 is 10.0 Å². The van der Waals surface area contributed by atoms with Crippen LogP contribution in [0, 0.1) is 6.92 Å². The Balaban J connectivity index is 1.66. The number of sulfonamides is 1. The van der Waals surface area contributed by atoms with E-state index in [0.717, 1.165) is 23.6 Å². The second kappa shape index (κ2) is 7.38. The summed E-state index contributed by atoms with van der Waals surface area (Å²) in [4.78, 5) is 13.4. The van der Waals surface area contributed by atoms with Gasteiger partial charge >= 0.3 is 0 Å². The maximum Gasteiger partial charge on any atom is 0.245 e. The summed E-state index contributed by atoms with van der Waals surface area (Å²) >= 11 is 0. The van der Waals surface area contributed by atoms with Gasteiger partial charge in [0.15, 0.2) is 11.2 Å². The number of nitrogens with zero attached hydrogens (tertiary/aromatic N) is 7. The van der Waals surface area contributed by atoms with Crippen LogP contribution in [0.1, 0.15) is 26.0 Å². The number of aryl methyl sites for hydroxylation is 2. The van der Waals surface area contributed by atoms with Crippen molar-refractivity contribution in [1.29, 1.82) is 0 Å². The van der Waals surface area contributed by atoms with Gasteiger partial charge in [-0.3, -0.25) is 4.68 Å². The molecule has 0 aliphatic carbocycles. The lowest BCUT2D eigenvalue weighted by Crippen LogP contribution is -2.32. The van der Waals surface area contributed by atoms with Gasteiger partial charge in [-0.2, -0.15) is 14.4 Å². The molecule has 29 heavy (non-hydrogen) atoms. The van der Waals surface area contributed by atoms with E-state index in [1.807, 2.05) is 30.1 Å². The average molecular weight is 420 g/mol. The minimum absolute atomic E-state index is 0.0892. The molecule has 156 valence electrons. The summed E-state index contributed by atoms with van der Waals surface area (Å²) < 4.78 is 35.5. The van der Waals surface area contributed by atoms with E-state index in [1.165, 1.54) is 10.6 Å². The maximum absolute atomic E-state index is 12.1. The molecule has 0 N–H and O–H groups in total. The van der Waals surface area contributed by atoms with Crippen LogP contribution in [0.4, 0.5) is 0 Å². The first kappa shape index (κ1) is 19.8. The summed E-state index contributed by atoms with van der Waals surface area (Å²) in [6.45, 7) is 7.26. The van der Waals surface area contributed by atoms with Crippen molar-refractivity contribution < 1.29 is 13.2 Å². The van der Waals surface area contributed by atoms with Crippen LogP contribution in [0.2, 0.25) is 0 Å². The average Bonchev–Trinajstić information content (AvgIpc) is 3.41. The van der Waals surface area contributed by atoms with Crippen LogP contribution in [0.25, 0.3) is 22.6 Å². The van der Waals surface area contributed by atoms with Gasteiger partial charge in [0.25, 0.3) is 0 Å². The highest BCUT2D eigenvalue weighted by molar-refractivity contribution is 7.89. The van der Waals surface area contributed by atoms with E-state index in [2.05, 4.69) is 15.1 Å². The van der Waals surface area contributed by atoms with Crippen LogP contribution >= 0.6 is 0 Å². The molecular formula is C18H25N7O3S. The van der Waals surface area contributed by atoms with E-state index in [9.17, 15) is 8.42 Å². The summed E-state index contributed by atoms with van der Waals surface area (Å²) in [6.07, 6.45) is 3.61. The molecular weight excluding hydrogens is 394 g/mol. The van der Waals surface area contributed by atoms with Crippen molar-refractivity contribution in [3.8, 4) is 17.3 Å². The molecule has 1 aliphatic rings. The van der Waals surface area contributed by atoms with Gasteiger partial charge in [-0.1, -0.05) is 0 Å². The van der Waals surface area contributed by atoms with Gasteiger partial charge in [-0.05, 0) is 27.2 Å². The molecule has 0 aromatic carbocycles. The van der Waals surface area contributed by atoms with E-state index in [-0.39, 0.29) is 11.9 Å². The Kier molecular flexibility index (Phi) is 5.03. The molecule has 4 heterocycles. The Labute approximate surface area is 169 Å². The number of fused-ring (bicyclic) bond motifs is 1. The normalized spacial score (nSPS) is 18.0. The molecule has 3 aromatic heterocycles. The van der Waals surface area contributed by atoms with Gasteiger partial charge in [-0.15, -0.1) is 0 Å². The molecule has 0 bridgehead atoms. The Morgan fingerprint density at radius 3 is 2.76 bits per heavy atom. The zero-order valence-corrected chi connectivity index (χ0v) is 17.8. The van der Waals surface area contributed by atoms with Crippen LogP contribution < -0.4 is 4.74 Å². The number of ether oxygens (including phenoxy) is 1. The smallest absolute Gasteiger partial charge is 0.245 e. The fourth-order valence-electron chi connectivity index (χ4n) is 3.68. The quantitative estimate of drug-likeness (QED) is 0.593. The summed E-state index contributed by atoms with van der Waals surface area (Å²) in [6, 6.07) is 0. The molecule has 4 rings (SSSR count). The lowest BCUT2D eigenvalue weighted by atomic mass is 10.2. The molecule has 0 radical (unpaired) electrons. The van der Waals surface area contributed by atoms with Gasteiger partial charge in [0.1, 0.15) is 18.3 Å². The van der Waals surface area contributed by atoms with E-state index >= 15 is 0 Å². The van der Waals surface area contributed by atoms with Gasteiger partial charge in [0, 0.05) is 25.8 Å². The van der Waals surface area contributed by atoms with E-state index in [4.69, 9.17) is 9.72 Å². The van der Waals surface area contributed by atoms with Crippen molar-refractivity contribution in [3.05, 3.63) is 18.2 Å². The van der Waals surface area contributed by atoms with Crippen LogP contribution in [0.15, 0.2) is 12.5 Å². The molecule has 1 aliphatic heterocycles. The first-order chi connectivity index (χ1) is 13.9. The monoisotopic (exact) mass is 419 g/mol. The number of aromatic nitrogens is 6. The third-order valence-electron chi connectivity index (χ3n) is 5.41. The third kappa shape index (κ3) is 3.38. The maximum atomic E-state index is 12.1. The second-order valence-corrected chi connectivity index (χ2v) is 9.35. The van der Waals surface area contributed by atoms with E-state index in [1.54, 1.807) is 13.1 Å². The SMILES string of the molecule is CCn1ncc(-c2nc3c(OC4CCN(S(=O)(=O)CC)C4)ncnc3n2C)c1C. The number of imidazole rings is 1. The topological polar surface area (TPSA) is 108 Å². The van der Waals surface area contributed by atoms with Crippen LogP contribution in [0.3, 0.4) is 0 Å². The molecule has 0 saturated carbocycles. The predicted octanol–water partition coefficient (Wildman–Crippen LogP) is 1.36. The molecule has 11 heteroatoms. The largest absolute Gasteiger partial charge is 0.471 e. The summed E-state index contributed by atoms with van der Waals surface area (Å²) in [7, 11) is -1.32. The minimum atomic E-state index is -3.22. The summed E-state index contributed by atoms with van der Waals surface area (Å²) in [5, 5.41) is 4.40. The molecule has 10 nitrogen and oxygen atoms in total. The fourth-order valence-corrected chi connectivity index (χ4v) is 4.82. The number of hydrogen-bond acceptors (Lipinski definition) is 7. The zero-order valence-electron chi connectivity index (χ0n) is 17.0. The lowest BCUT2D eigenvalue weighted by molar-refractivity contribution is 0.209. The van der Waals surface area contributed by atoms with Crippen LogP contribution in [-0.4, -0.2) is 67.0 Å². The second-order valence-electron chi connectivity index (χ2n) is 7.09. The Hall–Kier alpha value is -2.53. The summed E-state index contributed by atoms with van der Waals surface area (Å²) in [5.74, 6) is 1.20. The third-order valence-corrected chi connectivity index (χ3v) is 7.26.